The average molecular weight is 265 g/mol. The molecule has 0 saturated heterocycles. The Kier molecular flexibility index (Phi) is 4.48. The molecule has 1 amide bonds. The number of rotatable bonds is 4. The lowest BCUT2D eigenvalue weighted by atomic mass is 10.1. The number of nitrogens with two attached hydrogens (primary N) is 1. The van der Waals surface area contributed by atoms with E-state index in [1.807, 2.05) is 18.2 Å². The number of anilines is 1. The molecule has 0 saturated carbocycles. The largest absolute Gasteiger partial charge is 0.330 e. The summed E-state index contributed by atoms with van der Waals surface area (Å²) in [6, 6.07) is 16.3. The number of nitrogens with one attached hydrogen (secondary N) is 1. The summed E-state index contributed by atoms with van der Waals surface area (Å²) in [4.78, 5) is 12.1. The van der Waals surface area contributed by atoms with Crippen LogP contribution in [0.3, 0.4) is 0 Å². The van der Waals surface area contributed by atoms with Crippen LogP contribution in [-0.4, -0.2) is 12.5 Å². The van der Waals surface area contributed by atoms with Crippen LogP contribution in [0.1, 0.15) is 21.5 Å². The molecule has 0 bridgehead atoms. The van der Waals surface area contributed by atoms with Crippen LogP contribution in [0.25, 0.3) is 0 Å². The number of para-hydroxylation sites is 1. The normalized spacial score (nSPS) is 9.80. The van der Waals surface area contributed by atoms with Gasteiger partial charge >= 0.3 is 0 Å². The van der Waals surface area contributed by atoms with Gasteiger partial charge in [0, 0.05) is 5.56 Å². The quantitative estimate of drug-likeness (QED) is 0.890. The van der Waals surface area contributed by atoms with Crippen molar-refractivity contribution in [1.82, 2.24) is 0 Å². The third kappa shape index (κ3) is 3.22. The van der Waals surface area contributed by atoms with Crippen molar-refractivity contribution in [2.24, 2.45) is 5.73 Å². The molecule has 2 rings (SSSR count). The zero-order chi connectivity index (χ0) is 14.4. The summed E-state index contributed by atoms with van der Waals surface area (Å²) in [5.41, 5.74) is 8.10. The molecule has 0 heterocycles. The van der Waals surface area contributed by atoms with Crippen molar-refractivity contribution >= 4 is 11.6 Å². The van der Waals surface area contributed by atoms with Gasteiger partial charge in [-0.05, 0) is 42.8 Å². The Morgan fingerprint density at radius 3 is 2.50 bits per heavy atom. The Bertz CT molecular complexity index is 642. The summed E-state index contributed by atoms with van der Waals surface area (Å²) < 4.78 is 0. The summed E-state index contributed by atoms with van der Waals surface area (Å²) in [5.74, 6) is -0.230. The van der Waals surface area contributed by atoms with Crippen LogP contribution in [0.2, 0.25) is 0 Å². The monoisotopic (exact) mass is 265 g/mol. The van der Waals surface area contributed by atoms with Gasteiger partial charge in [0.15, 0.2) is 0 Å². The fourth-order valence-electron chi connectivity index (χ4n) is 1.87. The van der Waals surface area contributed by atoms with Gasteiger partial charge in [0.2, 0.25) is 0 Å². The van der Waals surface area contributed by atoms with E-state index in [9.17, 15) is 4.79 Å². The van der Waals surface area contributed by atoms with E-state index in [0.717, 1.165) is 12.0 Å². The first-order valence-electron chi connectivity index (χ1n) is 6.34. The molecule has 0 aliphatic carbocycles. The zero-order valence-electron chi connectivity index (χ0n) is 11.0. The van der Waals surface area contributed by atoms with Gasteiger partial charge < -0.3 is 11.1 Å². The molecule has 0 aliphatic heterocycles. The van der Waals surface area contributed by atoms with E-state index in [1.54, 1.807) is 36.4 Å². The molecule has 0 unspecified atom stereocenters. The van der Waals surface area contributed by atoms with E-state index in [4.69, 9.17) is 11.0 Å². The molecule has 3 N–H and O–H groups in total. The molecule has 0 aromatic heterocycles. The van der Waals surface area contributed by atoms with Crippen LogP contribution in [0, 0.1) is 11.3 Å². The fourth-order valence-corrected chi connectivity index (χ4v) is 1.87. The first-order chi connectivity index (χ1) is 9.74. The van der Waals surface area contributed by atoms with Crippen molar-refractivity contribution in [3.63, 3.8) is 0 Å². The number of hydrogen-bond acceptors (Lipinski definition) is 3. The van der Waals surface area contributed by atoms with E-state index in [1.165, 1.54) is 0 Å². The smallest absolute Gasteiger partial charge is 0.255 e. The number of benzene rings is 2. The van der Waals surface area contributed by atoms with Crippen molar-refractivity contribution in [2.45, 2.75) is 6.42 Å². The molecule has 0 spiro atoms. The molecule has 0 radical (unpaired) electrons. The van der Waals surface area contributed by atoms with E-state index in [0.29, 0.717) is 23.4 Å². The number of hydrogen-bond donors (Lipinski definition) is 2. The highest BCUT2D eigenvalue weighted by Crippen LogP contribution is 2.15. The Hall–Kier alpha value is -2.64. The van der Waals surface area contributed by atoms with Gasteiger partial charge in [0.05, 0.1) is 11.3 Å². The van der Waals surface area contributed by atoms with Gasteiger partial charge in [-0.2, -0.15) is 5.26 Å². The molecule has 4 nitrogen and oxygen atoms in total. The van der Waals surface area contributed by atoms with Crippen molar-refractivity contribution in [3.05, 3.63) is 65.2 Å². The minimum atomic E-state index is -0.230. The third-order valence-electron chi connectivity index (χ3n) is 2.94. The molecule has 2 aromatic carbocycles. The van der Waals surface area contributed by atoms with E-state index in [-0.39, 0.29) is 5.91 Å². The van der Waals surface area contributed by atoms with Gasteiger partial charge in [-0.25, -0.2) is 0 Å². The highest BCUT2D eigenvalue weighted by Gasteiger charge is 2.08. The van der Waals surface area contributed by atoms with Gasteiger partial charge in [0.1, 0.15) is 6.07 Å². The van der Waals surface area contributed by atoms with Gasteiger partial charge in [-0.15, -0.1) is 0 Å². The number of carbonyl (C=O) groups excluding carboxylic acids is 1. The first kappa shape index (κ1) is 13.8. The standard InChI is InChI=1S/C16H15N3O/c17-10-9-12-5-7-13(8-6-12)16(20)19-15-4-2-1-3-14(15)11-18/h1-8H,9-10,17H2,(H,19,20). The molecule has 2 aromatic rings. The fraction of sp³-hybridized carbons (Fsp3) is 0.125. The Labute approximate surface area is 117 Å². The van der Waals surface area contributed by atoms with Crippen molar-refractivity contribution in [3.8, 4) is 6.07 Å². The summed E-state index contributed by atoms with van der Waals surface area (Å²) in [5, 5.41) is 11.7. The molecule has 100 valence electrons. The maximum Gasteiger partial charge on any atom is 0.255 e. The summed E-state index contributed by atoms with van der Waals surface area (Å²) in [7, 11) is 0. The summed E-state index contributed by atoms with van der Waals surface area (Å²) in [6.07, 6.45) is 0.791. The second-order valence-electron chi connectivity index (χ2n) is 4.35. The SMILES string of the molecule is N#Cc1ccccc1NC(=O)c1ccc(CCN)cc1. The Balaban J connectivity index is 2.14. The number of carbonyl (C=O) groups is 1. The van der Waals surface area contributed by atoms with E-state index >= 15 is 0 Å². The average Bonchev–Trinajstić information content (AvgIpc) is 2.49. The summed E-state index contributed by atoms with van der Waals surface area (Å²) in [6.45, 7) is 0.584. The maximum absolute atomic E-state index is 12.1. The summed E-state index contributed by atoms with van der Waals surface area (Å²) >= 11 is 0. The maximum atomic E-state index is 12.1. The predicted molar refractivity (Wildman–Crippen MR) is 78.3 cm³/mol. The molecule has 20 heavy (non-hydrogen) atoms. The Morgan fingerprint density at radius 2 is 1.85 bits per heavy atom. The second-order valence-corrected chi connectivity index (χ2v) is 4.35. The van der Waals surface area contributed by atoms with Crippen LogP contribution < -0.4 is 11.1 Å². The van der Waals surface area contributed by atoms with Crippen molar-refractivity contribution in [2.75, 3.05) is 11.9 Å². The molecule has 0 fully saturated rings. The van der Waals surface area contributed by atoms with Gasteiger partial charge in [-0.3, -0.25) is 4.79 Å². The number of nitriles is 1. The first-order valence-corrected chi connectivity index (χ1v) is 6.34. The predicted octanol–water partition coefficient (Wildman–Crippen LogP) is 2.31. The zero-order valence-corrected chi connectivity index (χ0v) is 11.0. The Morgan fingerprint density at radius 1 is 1.15 bits per heavy atom. The van der Waals surface area contributed by atoms with E-state index < -0.39 is 0 Å². The van der Waals surface area contributed by atoms with Crippen molar-refractivity contribution in [1.29, 1.82) is 5.26 Å². The highest BCUT2D eigenvalue weighted by atomic mass is 16.1. The third-order valence-corrected chi connectivity index (χ3v) is 2.94. The minimum absolute atomic E-state index is 0.230. The van der Waals surface area contributed by atoms with Crippen molar-refractivity contribution < 1.29 is 4.79 Å². The minimum Gasteiger partial charge on any atom is -0.330 e. The lowest BCUT2D eigenvalue weighted by Crippen LogP contribution is -2.13. The van der Waals surface area contributed by atoms with Crippen LogP contribution in [-0.2, 0) is 6.42 Å². The number of nitrogens with zero attached hydrogens (tertiary/aromatic N) is 1. The lowest BCUT2D eigenvalue weighted by molar-refractivity contribution is 0.102. The molecule has 0 aliphatic rings. The van der Waals surface area contributed by atoms with Crippen LogP contribution in [0.15, 0.2) is 48.5 Å². The molecule has 4 heteroatoms. The van der Waals surface area contributed by atoms with Gasteiger partial charge in [0.25, 0.3) is 5.91 Å². The van der Waals surface area contributed by atoms with Crippen LogP contribution in [0.4, 0.5) is 5.69 Å². The number of amides is 1. The van der Waals surface area contributed by atoms with Gasteiger partial charge in [-0.1, -0.05) is 24.3 Å². The van der Waals surface area contributed by atoms with Crippen LogP contribution in [0.5, 0.6) is 0 Å². The second kappa shape index (κ2) is 6.50. The van der Waals surface area contributed by atoms with Crippen LogP contribution >= 0.6 is 0 Å². The molecular weight excluding hydrogens is 250 g/mol. The topological polar surface area (TPSA) is 78.9 Å². The molecular formula is C16H15N3O. The lowest BCUT2D eigenvalue weighted by Gasteiger charge is -2.07. The molecule has 0 atom stereocenters. The highest BCUT2D eigenvalue weighted by molar-refractivity contribution is 6.04. The van der Waals surface area contributed by atoms with E-state index in [2.05, 4.69) is 5.32 Å².